The van der Waals surface area contributed by atoms with E-state index in [0.29, 0.717) is 55.0 Å². The molecule has 0 bridgehead atoms. The fourth-order valence-electron chi connectivity index (χ4n) is 5.04. The number of carbonyl (C=O) groups excluding carboxylic acids is 2. The molecule has 0 N–H and O–H groups in total. The minimum absolute atomic E-state index is 0.0317. The van der Waals surface area contributed by atoms with Gasteiger partial charge in [0.2, 0.25) is 0 Å². The van der Waals surface area contributed by atoms with Gasteiger partial charge in [0, 0.05) is 55.5 Å². The standard InChI is InChI=1S/C28H25N3O4/c1-34-21-7-8-22-24(32)17-28(35-25(22)16-21)10-13-30(14-11-28)27(33)20-9-12-31-18-23(29-26(31)15-20)19-5-3-2-4-6-19/h2-9,12,15-16,18H,10-11,13-14,17H2,1H3. The van der Waals surface area contributed by atoms with Gasteiger partial charge < -0.3 is 18.8 Å². The first-order chi connectivity index (χ1) is 17.0. The van der Waals surface area contributed by atoms with E-state index in [1.54, 1.807) is 25.3 Å². The molecule has 2 aliphatic rings. The van der Waals surface area contributed by atoms with Crippen LogP contribution < -0.4 is 9.47 Å². The highest BCUT2D eigenvalue weighted by Gasteiger charge is 2.43. The molecular formula is C28H25N3O4. The summed E-state index contributed by atoms with van der Waals surface area (Å²) >= 11 is 0. The second-order valence-corrected chi connectivity index (χ2v) is 9.21. The normalized spacial score (nSPS) is 16.7. The maximum absolute atomic E-state index is 13.3. The van der Waals surface area contributed by atoms with Crippen molar-refractivity contribution in [3.8, 4) is 22.8 Å². The van der Waals surface area contributed by atoms with Crippen molar-refractivity contribution in [3.05, 3.63) is 84.2 Å². The van der Waals surface area contributed by atoms with Gasteiger partial charge in [-0.25, -0.2) is 4.98 Å². The quantitative estimate of drug-likeness (QED) is 0.439. The van der Waals surface area contributed by atoms with Crippen molar-refractivity contribution in [1.29, 1.82) is 0 Å². The van der Waals surface area contributed by atoms with Gasteiger partial charge in [-0.05, 0) is 24.3 Å². The molecule has 35 heavy (non-hydrogen) atoms. The van der Waals surface area contributed by atoms with Gasteiger partial charge in [0.05, 0.1) is 24.8 Å². The molecule has 1 fully saturated rings. The molecule has 6 rings (SSSR count). The van der Waals surface area contributed by atoms with E-state index in [9.17, 15) is 9.59 Å². The number of Topliss-reactive ketones (excluding diaryl/α,β-unsaturated/α-hetero) is 1. The number of aromatic nitrogens is 2. The van der Waals surface area contributed by atoms with Crippen molar-refractivity contribution in [1.82, 2.24) is 14.3 Å². The van der Waals surface area contributed by atoms with E-state index >= 15 is 0 Å². The number of amides is 1. The third-order valence-electron chi connectivity index (χ3n) is 7.04. The molecule has 0 aliphatic carbocycles. The van der Waals surface area contributed by atoms with Crippen LogP contribution in [-0.4, -0.2) is 51.8 Å². The van der Waals surface area contributed by atoms with Crippen LogP contribution in [0.2, 0.25) is 0 Å². The van der Waals surface area contributed by atoms with E-state index in [-0.39, 0.29) is 11.7 Å². The maximum Gasteiger partial charge on any atom is 0.254 e. The molecule has 0 atom stereocenters. The number of benzene rings is 2. The molecule has 1 amide bonds. The molecule has 176 valence electrons. The van der Waals surface area contributed by atoms with Crippen LogP contribution in [0.4, 0.5) is 0 Å². The monoisotopic (exact) mass is 467 g/mol. The number of carbonyl (C=O) groups is 2. The largest absolute Gasteiger partial charge is 0.497 e. The Hall–Kier alpha value is -4.13. The number of fused-ring (bicyclic) bond motifs is 2. The van der Waals surface area contributed by atoms with E-state index in [4.69, 9.17) is 14.5 Å². The van der Waals surface area contributed by atoms with Gasteiger partial charge >= 0.3 is 0 Å². The third-order valence-corrected chi connectivity index (χ3v) is 7.04. The number of piperidine rings is 1. The summed E-state index contributed by atoms with van der Waals surface area (Å²) in [5.41, 5.74) is 3.25. The summed E-state index contributed by atoms with van der Waals surface area (Å²) in [5.74, 6) is 1.27. The lowest BCUT2D eigenvalue weighted by Crippen LogP contribution is -2.52. The Kier molecular flexibility index (Phi) is 5.06. The maximum atomic E-state index is 13.3. The third kappa shape index (κ3) is 3.83. The van der Waals surface area contributed by atoms with Crippen molar-refractivity contribution in [2.75, 3.05) is 20.2 Å². The van der Waals surface area contributed by atoms with Crippen LogP contribution in [0.1, 0.15) is 40.0 Å². The molecule has 0 unspecified atom stereocenters. The van der Waals surface area contributed by atoms with Gasteiger partial charge in [0.25, 0.3) is 5.91 Å². The first-order valence-electron chi connectivity index (χ1n) is 11.8. The number of methoxy groups -OCH3 is 1. The molecular weight excluding hydrogens is 442 g/mol. The number of pyridine rings is 1. The minimum atomic E-state index is -0.579. The van der Waals surface area contributed by atoms with Crippen LogP contribution in [0.5, 0.6) is 11.5 Å². The fraction of sp³-hybridized carbons (Fsp3) is 0.250. The topological polar surface area (TPSA) is 73.1 Å². The molecule has 2 aromatic heterocycles. The average Bonchev–Trinajstić information content (AvgIpc) is 3.32. The van der Waals surface area contributed by atoms with E-state index in [1.165, 1.54) is 0 Å². The summed E-state index contributed by atoms with van der Waals surface area (Å²) in [6.45, 7) is 1.06. The molecule has 0 radical (unpaired) electrons. The van der Waals surface area contributed by atoms with E-state index in [1.807, 2.05) is 64.2 Å². The number of imidazole rings is 1. The summed E-state index contributed by atoms with van der Waals surface area (Å²) in [7, 11) is 1.59. The van der Waals surface area contributed by atoms with Crippen molar-refractivity contribution in [3.63, 3.8) is 0 Å². The Bertz CT molecular complexity index is 1440. The smallest absolute Gasteiger partial charge is 0.254 e. The van der Waals surface area contributed by atoms with Crippen LogP contribution in [0.25, 0.3) is 16.9 Å². The minimum Gasteiger partial charge on any atom is -0.497 e. The number of hydrogen-bond donors (Lipinski definition) is 0. The summed E-state index contributed by atoms with van der Waals surface area (Å²) < 4.78 is 13.6. The molecule has 7 nitrogen and oxygen atoms in total. The number of ether oxygens (including phenoxy) is 2. The average molecular weight is 468 g/mol. The van der Waals surface area contributed by atoms with Gasteiger partial charge in [-0.3, -0.25) is 9.59 Å². The predicted molar refractivity (Wildman–Crippen MR) is 131 cm³/mol. The van der Waals surface area contributed by atoms with Gasteiger partial charge in [-0.15, -0.1) is 0 Å². The Balaban J connectivity index is 1.18. The fourth-order valence-corrected chi connectivity index (χ4v) is 5.04. The Labute approximate surface area is 202 Å². The van der Waals surface area contributed by atoms with Crippen LogP contribution in [0.15, 0.2) is 73.1 Å². The Morgan fingerprint density at radius 2 is 1.86 bits per heavy atom. The zero-order valence-electron chi connectivity index (χ0n) is 19.4. The number of likely N-dealkylation sites (tertiary alicyclic amines) is 1. The number of ketones is 1. The molecule has 1 saturated heterocycles. The molecule has 7 heteroatoms. The molecule has 1 spiro atoms. The lowest BCUT2D eigenvalue weighted by Gasteiger charge is -2.44. The van der Waals surface area contributed by atoms with Crippen LogP contribution >= 0.6 is 0 Å². The molecule has 2 aliphatic heterocycles. The van der Waals surface area contributed by atoms with Crippen LogP contribution in [-0.2, 0) is 0 Å². The molecule has 4 heterocycles. The van der Waals surface area contributed by atoms with Crippen molar-refractivity contribution in [2.45, 2.75) is 24.9 Å². The molecule has 2 aromatic carbocycles. The first-order valence-corrected chi connectivity index (χ1v) is 11.8. The van der Waals surface area contributed by atoms with Crippen LogP contribution in [0.3, 0.4) is 0 Å². The van der Waals surface area contributed by atoms with Gasteiger partial charge in [0.15, 0.2) is 5.78 Å². The summed E-state index contributed by atoms with van der Waals surface area (Å²) in [4.78, 5) is 32.7. The zero-order chi connectivity index (χ0) is 24.0. The number of nitrogens with zero attached hydrogens (tertiary/aromatic N) is 3. The van der Waals surface area contributed by atoms with Crippen molar-refractivity contribution in [2.24, 2.45) is 0 Å². The highest BCUT2D eigenvalue weighted by atomic mass is 16.5. The highest BCUT2D eigenvalue weighted by molar-refractivity contribution is 6.00. The van der Waals surface area contributed by atoms with Gasteiger partial charge in [-0.2, -0.15) is 0 Å². The summed E-state index contributed by atoms with van der Waals surface area (Å²) in [6, 6.07) is 19.0. The molecule has 4 aromatic rings. The van der Waals surface area contributed by atoms with Gasteiger partial charge in [0.1, 0.15) is 22.7 Å². The number of hydrogen-bond acceptors (Lipinski definition) is 5. The Morgan fingerprint density at radius 1 is 1.06 bits per heavy atom. The highest BCUT2D eigenvalue weighted by Crippen LogP contribution is 2.41. The summed E-state index contributed by atoms with van der Waals surface area (Å²) in [5, 5.41) is 0. The first kappa shape index (κ1) is 21.4. The lowest BCUT2D eigenvalue weighted by atomic mass is 9.82. The van der Waals surface area contributed by atoms with Crippen molar-refractivity contribution >= 4 is 17.3 Å². The Morgan fingerprint density at radius 3 is 2.63 bits per heavy atom. The SMILES string of the molecule is COc1ccc2c(c1)OC1(CCN(C(=O)c3ccn4cc(-c5ccccc5)nc4c3)CC1)CC2=O. The van der Waals surface area contributed by atoms with E-state index < -0.39 is 5.60 Å². The zero-order valence-corrected chi connectivity index (χ0v) is 19.4. The second kappa shape index (κ2) is 8.27. The van der Waals surface area contributed by atoms with Gasteiger partial charge in [-0.1, -0.05) is 30.3 Å². The van der Waals surface area contributed by atoms with Crippen molar-refractivity contribution < 1.29 is 19.1 Å². The van der Waals surface area contributed by atoms with E-state index in [0.717, 1.165) is 16.9 Å². The number of rotatable bonds is 3. The molecule has 0 saturated carbocycles. The summed E-state index contributed by atoms with van der Waals surface area (Å²) in [6.07, 6.45) is 5.38. The van der Waals surface area contributed by atoms with Crippen LogP contribution in [0, 0.1) is 0 Å². The lowest BCUT2D eigenvalue weighted by molar-refractivity contribution is -0.00581. The predicted octanol–water partition coefficient (Wildman–Crippen LogP) is 4.65. The second-order valence-electron chi connectivity index (χ2n) is 9.21. The van der Waals surface area contributed by atoms with E-state index in [2.05, 4.69) is 0 Å².